The van der Waals surface area contributed by atoms with E-state index in [1.54, 1.807) is 18.7 Å². The molecule has 1 atom stereocenters. The molecule has 1 aromatic rings. The van der Waals surface area contributed by atoms with Crippen molar-refractivity contribution in [3.8, 4) is 0 Å². The minimum atomic E-state index is -3.21. The van der Waals surface area contributed by atoms with Gasteiger partial charge in [-0.3, -0.25) is 4.79 Å². The van der Waals surface area contributed by atoms with E-state index in [9.17, 15) is 13.2 Å². The van der Waals surface area contributed by atoms with Gasteiger partial charge in [0.2, 0.25) is 15.9 Å². The first kappa shape index (κ1) is 19.6. The molecule has 0 spiro atoms. The molecule has 0 bridgehead atoms. The smallest absolute Gasteiger partial charge is 0.224 e. The Bertz CT molecular complexity index is 650. The first-order chi connectivity index (χ1) is 11.4. The number of carbonyl (C=O) groups is 1. The first-order valence-electron chi connectivity index (χ1n) is 8.06. The lowest BCUT2D eigenvalue weighted by Crippen LogP contribution is -2.46. The Labute approximate surface area is 153 Å². The summed E-state index contributed by atoms with van der Waals surface area (Å²) < 4.78 is 25.3. The zero-order chi connectivity index (χ0) is 17.6. The molecule has 1 fully saturated rings. The van der Waals surface area contributed by atoms with Crippen LogP contribution in [0.4, 0.5) is 0 Å². The Hall–Kier alpha value is -0.760. The average Bonchev–Trinajstić information content (AvgIpc) is 2.60. The monoisotopic (exact) mass is 390 g/mol. The number of hydrogen-bond donors (Lipinski definition) is 1. The molecule has 0 saturated carbocycles. The van der Waals surface area contributed by atoms with Gasteiger partial charge in [-0.05, 0) is 44.0 Å². The van der Waals surface area contributed by atoms with Gasteiger partial charge >= 0.3 is 0 Å². The maximum absolute atomic E-state index is 12.3. The third-order valence-electron chi connectivity index (χ3n) is 4.00. The van der Waals surface area contributed by atoms with Crippen molar-refractivity contribution in [2.75, 3.05) is 31.1 Å². The van der Waals surface area contributed by atoms with E-state index in [1.807, 2.05) is 24.3 Å². The van der Waals surface area contributed by atoms with Crippen molar-refractivity contribution >= 4 is 39.3 Å². The highest BCUT2D eigenvalue weighted by atomic mass is 35.5. The SMILES string of the molecule is CCS(=O)(=O)N1CCCC(C(=O)NCCSc2ccc(Cl)cc2)C1. The third-order valence-corrected chi connectivity index (χ3v) is 7.11. The highest BCUT2D eigenvalue weighted by Crippen LogP contribution is 2.21. The number of hydrogen-bond acceptors (Lipinski definition) is 4. The van der Waals surface area contributed by atoms with E-state index in [0.717, 1.165) is 23.5 Å². The van der Waals surface area contributed by atoms with Crippen molar-refractivity contribution in [3.63, 3.8) is 0 Å². The molecule has 1 aliphatic rings. The molecule has 5 nitrogen and oxygen atoms in total. The topological polar surface area (TPSA) is 66.5 Å². The summed E-state index contributed by atoms with van der Waals surface area (Å²) in [4.78, 5) is 13.4. The van der Waals surface area contributed by atoms with Crippen molar-refractivity contribution in [2.24, 2.45) is 5.92 Å². The van der Waals surface area contributed by atoms with Crippen molar-refractivity contribution in [1.29, 1.82) is 0 Å². The van der Waals surface area contributed by atoms with Crippen LogP contribution in [0.3, 0.4) is 0 Å². The second-order valence-corrected chi connectivity index (χ2v) is 9.55. The predicted octanol–water partition coefficient (Wildman–Crippen LogP) is 2.61. The van der Waals surface area contributed by atoms with Crippen LogP contribution in [-0.2, 0) is 14.8 Å². The normalized spacial score (nSPS) is 19.2. The Morgan fingerprint density at radius 3 is 2.75 bits per heavy atom. The molecule has 1 heterocycles. The molecular weight excluding hydrogens is 368 g/mol. The number of nitrogens with zero attached hydrogens (tertiary/aromatic N) is 1. The molecule has 134 valence electrons. The molecule has 1 unspecified atom stereocenters. The van der Waals surface area contributed by atoms with Crippen LogP contribution in [0.1, 0.15) is 19.8 Å². The summed E-state index contributed by atoms with van der Waals surface area (Å²) in [5, 5.41) is 3.62. The fourth-order valence-electron chi connectivity index (χ4n) is 2.61. The molecule has 0 radical (unpaired) electrons. The van der Waals surface area contributed by atoms with E-state index in [1.165, 1.54) is 4.31 Å². The average molecular weight is 391 g/mol. The van der Waals surface area contributed by atoms with E-state index in [4.69, 9.17) is 11.6 Å². The minimum Gasteiger partial charge on any atom is -0.355 e. The molecular formula is C16H23ClN2O3S2. The number of rotatable bonds is 7. The second-order valence-electron chi connectivity index (χ2n) is 5.69. The van der Waals surface area contributed by atoms with Crippen LogP contribution in [0.5, 0.6) is 0 Å². The van der Waals surface area contributed by atoms with Gasteiger partial charge < -0.3 is 5.32 Å². The Morgan fingerprint density at radius 2 is 2.08 bits per heavy atom. The summed E-state index contributed by atoms with van der Waals surface area (Å²) >= 11 is 7.49. The summed E-state index contributed by atoms with van der Waals surface area (Å²) in [5.41, 5.74) is 0. The van der Waals surface area contributed by atoms with Crippen LogP contribution in [-0.4, -0.2) is 49.8 Å². The summed E-state index contributed by atoms with van der Waals surface area (Å²) in [6, 6.07) is 7.58. The fraction of sp³-hybridized carbons (Fsp3) is 0.562. The van der Waals surface area contributed by atoms with Crippen molar-refractivity contribution in [1.82, 2.24) is 9.62 Å². The highest BCUT2D eigenvalue weighted by Gasteiger charge is 2.31. The molecule has 1 amide bonds. The molecule has 1 N–H and O–H groups in total. The fourth-order valence-corrected chi connectivity index (χ4v) is 4.68. The minimum absolute atomic E-state index is 0.0530. The summed E-state index contributed by atoms with van der Waals surface area (Å²) in [6.07, 6.45) is 1.47. The van der Waals surface area contributed by atoms with Gasteiger partial charge in [-0.2, -0.15) is 0 Å². The van der Waals surface area contributed by atoms with Gasteiger partial charge in [0.1, 0.15) is 0 Å². The lowest BCUT2D eigenvalue weighted by atomic mass is 9.99. The zero-order valence-corrected chi connectivity index (χ0v) is 16.1. The van der Waals surface area contributed by atoms with Gasteiger partial charge in [-0.15, -0.1) is 11.8 Å². The zero-order valence-electron chi connectivity index (χ0n) is 13.7. The Kier molecular flexibility index (Phi) is 7.40. The van der Waals surface area contributed by atoms with Crippen LogP contribution in [0.15, 0.2) is 29.2 Å². The first-order valence-corrected chi connectivity index (χ1v) is 11.0. The third kappa shape index (κ3) is 5.65. The second kappa shape index (κ2) is 9.08. The molecule has 8 heteroatoms. The number of benzene rings is 1. The van der Waals surface area contributed by atoms with Gasteiger partial charge in [0.25, 0.3) is 0 Å². The highest BCUT2D eigenvalue weighted by molar-refractivity contribution is 7.99. The van der Waals surface area contributed by atoms with E-state index in [-0.39, 0.29) is 17.6 Å². The molecule has 24 heavy (non-hydrogen) atoms. The molecule has 0 aromatic heterocycles. The number of piperidine rings is 1. The molecule has 1 saturated heterocycles. The van der Waals surface area contributed by atoms with E-state index < -0.39 is 10.0 Å². The molecule has 2 rings (SSSR count). The van der Waals surface area contributed by atoms with Crippen molar-refractivity contribution in [3.05, 3.63) is 29.3 Å². The molecule has 1 aromatic carbocycles. The largest absolute Gasteiger partial charge is 0.355 e. The molecule has 0 aliphatic carbocycles. The molecule has 1 aliphatic heterocycles. The number of sulfonamides is 1. The number of halogens is 1. The quantitative estimate of drug-likeness (QED) is 0.574. The maximum Gasteiger partial charge on any atom is 0.224 e. The van der Waals surface area contributed by atoms with E-state index >= 15 is 0 Å². The van der Waals surface area contributed by atoms with Crippen LogP contribution < -0.4 is 5.32 Å². The summed E-state index contributed by atoms with van der Waals surface area (Å²) in [5.74, 6) is 0.541. The predicted molar refractivity (Wildman–Crippen MR) is 98.9 cm³/mol. The van der Waals surface area contributed by atoms with Crippen LogP contribution in [0, 0.1) is 5.92 Å². The van der Waals surface area contributed by atoms with Gasteiger partial charge in [-0.1, -0.05) is 11.6 Å². The number of nitrogens with one attached hydrogen (secondary N) is 1. The van der Waals surface area contributed by atoms with Crippen LogP contribution >= 0.6 is 23.4 Å². The Morgan fingerprint density at radius 1 is 1.38 bits per heavy atom. The van der Waals surface area contributed by atoms with Gasteiger partial charge in [-0.25, -0.2) is 12.7 Å². The number of thioether (sulfide) groups is 1. The lowest BCUT2D eigenvalue weighted by Gasteiger charge is -2.30. The van der Waals surface area contributed by atoms with Crippen LogP contribution in [0.2, 0.25) is 5.02 Å². The Balaban J connectivity index is 1.75. The summed E-state index contributed by atoms with van der Waals surface area (Å²) in [6.45, 7) is 3.01. The number of carbonyl (C=O) groups excluding carboxylic acids is 1. The van der Waals surface area contributed by atoms with Gasteiger partial charge in [0.15, 0.2) is 0 Å². The van der Waals surface area contributed by atoms with Gasteiger partial charge in [0.05, 0.1) is 11.7 Å². The lowest BCUT2D eigenvalue weighted by molar-refractivity contribution is -0.125. The maximum atomic E-state index is 12.3. The van der Waals surface area contributed by atoms with Crippen LogP contribution in [0.25, 0.3) is 0 Å². The number of amides is 1. The van der Waals surface area contributed by atoms with E-state index in [0.29, 0.717) is 24.7 Å². The van der Waals surface area contributed by atoms with Gasteiger partial charge in [0, 0.05) is 35.3 Å². The van der Waals surface area contributed by atoms with E-state index in [2.05, 4.69) is 5.32 Å². The standard InChI is InChI=1S/C16H23ClN2O3S2/c1-2-24(21,22)19-10-3-4-13(12-19)16(20)18-9-11-23-15-7-5-14(17)6-8-15/h5-8,13H,2-4,9-12H2,1H3,(H,18,20). The summed E-state index contributed by atoms with van der Waals surface area (Å²) in [7, 11) is -3.21. The van der Waals surface area contributed by atoms with Crippen molar-refractivity contribution in [2.45, 2.75) is 24.7 Å². The van der Waals surface area contributed by atoms with Crippen molar-refractivity contribution < 1.29 is 13.2 Å².